The largest absolute Gasteiger partial charge is 0.450 e. The zero-order chi connectivity index (χ0) is 12.8. The van der Waals surface area contributed by atoms with Gasteiger partial charge in [-0.1, -0.05) is 48.7 Å². The Labute approximate surface area is 111 Å². The zero-order valence-electron chi connectivity index (χ0n) is 9.43. The molecule has 0 heterocycles. The number of alkyl halides is 3. The molecule has 0 radical (unpaired) electrons. The smallest absolute Gasteiger partial charge is 0.409 e. The van der Waals surface area contributed by atoms with Crippen LogP contribution in [0.1, 0.15) is 20.8 Å². The average molecular weight is 293 g/mol. The third-order valence-corrected chi connectivity index (χ3v) is 2.01. The highest BCUT2D eigenvalue weighted by Crippen LogP contribution is 2.31. The fraction of sp³-hybridized carbons (Fsp3) is 0.889. The normalized spacial score (nSPS) is 13.7. The Kier molecular flexibility index (Phi) is 7.48. The summed E-state index contributed by atoms with van der Waals surface area (Å²) in [5.41, 5.74) is 0. The van der Waals surface area contributed by atoms with Crippen molar-refractivity contribution in [3.05, 3.63) is 0 Å². The number of halogens is 3. The van der Waals surface area contributed by atoms with Gasteiger partial charge in [0.25, 0.3) is 0 Å². The first-order valence-electron chi connectivity index (χ1n) is 4.89. The van der Waals surface area contributed by atoms with Crippen LogP contribution in [0.25, 0.3) is 0 Å². The van der Waals surface area contributed by atoms with Crippen molar-refractivity contribution in [2.24, 2.45) is 5.92 Å². The van der Waals surface area contributed by atoms with Crippen molar-refractivity contribution < 1.29 is 14.3 Å². The van der Waals surface area contributed by atoms with E-state index in [1.165, 1.54) is 0 Å². The fourth-order valence-electron chi connectivity index (χ4n) is 0.786. The second-order valence-corrected chi connectivity index (χ2v) is 5.88. The summed E-state index contributed by atoms with van der Waals surface area (Å²) in [6, 6.07) is 0. The predicted octanol–water partition coefficient (Wildman–Crippen LogP) is 3.10. The van der Waals surface area contributed by atoms with E-state index < -0.39 is 16.1 Å². The van der Waals surface area contributed by atoms with E-state index in [9.17, 15) is 4.79 Å². The van der Waals surface area contributed by atoms with Crippen molar-refractivity contribution in [3.63, 3.8) is 0 Å². The van der Waals surface area contributed by atoms with Crippen LogP contribution in [0.15, 0.2) is 0 Å². The average Bonchev–Trinajstić information content (AvgIpc) is 2.10. The van der Waals surface area contributed by atoms with Gasteiger partial charge in [-0.3, -0.25) is 5.32 Å². The van der Waals surface area contributed by atoms with E-state index in [2.05, 4.69) is 10.1 Å². The second-order valence-electron chi connectivity index (χ2n) is 3.51. The standard InChI is InChI=1S/C9H16Cl3NO3/c1-4-15-8(14)13-7(9(10,11)12)16-5-6(2)3/h6-7H,4-5H2,1-3H3,(H,13,14)/t7-/m1/s1. The monoisotopic (exact) mass is 291 g/mol. The molecule has 0 aromatic carbocycles. The lowest BCUT2D eigenvalue weighted by atomic mass is 10.2. The Morgan fingerprint density at radius 2 is 1.94 bits per heavy atom. The van der Waals surface area contributed by atoms with Crippen molar-refractivity contribution in [1.82, 2.24) is 5.32 Å². The first-order chi connectivity index (χ1) is 7.27. The van der Waals surface area contributed by atoms with Crippen LogP contribution in [0, 0.1) is 5.92 Å². The maximum atomic E-state index is 11.2. The van der Waals surface area contributed by atoms with Gasteiger partial charge in [-0.15, -0.1) is 0 Å². The SMILES string of the molecule is CCOC(=O)N[C@H](OCC(C)C)C(Cl)(Cl)Cl. The maximum absolute atomic E-state index is 11.2. The highest BCUT2D eigenvalue weighted by molar-refractivity contribution is 6.68. The van der Waals surface area contributed by atoms with E-state index in [0.717, 1.165) is 0 Å². The molecule has 0 aromatic heterocycles. The molecular formula is C9H16Cl3NO3. The van der Waals surface area contributed by atoms with Gasteiger partial charge >= 0.3 is 6.09 Å². The Bertz CT molecular complexity index is 219. The lowest BCUT2D eigenvalue weighted by molar-refractivity contribution is 0.0152. The van der Waals surface area contributed by atoms with Gasteiger partial charge in [-0.2, -0.15) is 0 Å². The van der Waals surface area contributed by atoms with E-state index in [0.29, 0.717) is 6.61 Å². The minimum atomic E-state index is -1.73. The third kappa shape index (κ3) is 7.39. The van der Waals surface area contributed by atoms with Gasteiger partial charge < -0.3 is 9.47 Å². The second kappa shape index (κ2) is 7.43. The van der Waals surface area contributed by atoms with Gasteiger partial charge in [-0.05, 0) is 12.8 Å². The molecule has 0 aliphatic carbocycles. The summed E-state index contributed by atoms with van der Waals surface area (Å²) in [7, 11) is 0. The number of ether oxygens (including phenoxy) is 2. The highest BCUT2D eigenvalue weighted by atomic mass is 35.6. The van der Waals surface area contributed by atoms with Crippen molar-refractivity contribution in [3.8, 4) is 0 Å². The molecular weight excluding hydrogens is 276 g/mol. The Morgan fingerprint density at radius 3 is 2.31 bits per heavy atom. The first-order valence-corrected chi connectivity index (χ1v) is 6.02. The molecule has 1 N–H and O–H groups in total. The summed E-state index contributed by atoms with van der Waals surface area (Å²) >= 11 is 17.0. The van der Waals surface area contributed by atoms with Gasteiger partial charge in [0.2, 0.25) is 3.79 Å². The van der Waals surface area contributed by atoms with Crippen LogP contribution in [0.2, 0.25) is 0 Å². The number of alkyl carbamates (subject to hydrolysis) is 1. The molecule has 0 aliphatic rings. The Balaban J connectivity index is 4.27. The number of hydrogen-bond acceptors (Lipinski definition) is 3. The molecule has 0 aliphatic heterocycles. The number of hydrogen-bond donors (Lipinski definition) is 1. The molecule has 0 bridgehead atoms. The summed E-state index contributed by atoms with van der Waals surface area (Å²) in [6.45, 7) is 6.17. The van der Waals surface area contributed by atoms with Crippen LogP contribution < -0.4 is 5.32 Å². The van der Waals surface area contributed by atoms with Crippen LogP contribution in [-0.4, -0.2) is 29.3 Å². The summed E-state index contributed by atoms with van der Waals surface area (Å²) in [5.74, 6) is 0.263. The molecule has 16 heavy (non-hydrogen) atoms. The van der Waals surface area contributed by atoms with Crippen LogP contribution in [0.4, 0.5) is 4.79 Å². The first kappa shape index (κ1) is 16.1. The van der Waals surface area contributed by atoms with Crippen molar-refractivity contribution in [2.45, 2.75) is 30.8 Å². The van der Waals surface area contributed by atoms with E-state index in [1.54, 1.807) is 6.92 Å². The number of rotatable bonds is 5. The molecule has 96 valence electrons. The number of carbonyl (C=O) groups excluding carboxylic acids is 1. The molecule has 4 nitrogen and oxygen atoms in total. The number of carbonyl (C=O) groups is 1. The van der Waals surface area contributed by atoms with E-state index in [-0.39, 0.29) is 12.5 Å². The summed E-state index contributed by atoms with van der Waals surface area (Å²) < 4.78 is 8.21. The Hall–Kier alpha value is 0.1000. The van der Waals surface area contributed by atoms with Crippen molar-refractivity contribution in [1.29, 1.82) is 0 Å². The summed E-state index contributed by atoms with van der Waals surface area (Å²) in [5, 5.41) is 2.33. The van der Waals surface area contributed by atoms with E-state index in [4.69, 9.17) is 39.5 Å². The van der Waals surface area contributed by atoms with E-state index >= 15 is 0 Å². The number of amides is 1. The van der Waals surface area contributed by atoms with Gasteiger partial charge in [0.15, 0.2) is 6.23 Å². The minimum Gasteiger partial charge on any atom is -0.450 e. The van der Waals surface area contributed by atoms with Crippen molar-refractivity contribution >= 4 is 40.9 Å². The van der Waals surface area contributed by atoms with Crippen LogP contribution in [0.5, 0.6) is 0 Å². The number of nitrogens with one attached hydrogen (secondary N) is 1. The molecule has 0 unspecified atom stereocenters. The molecule has 0 spiro atoms. The lowest BCUT2D eigenvalue weighted by Crippen LogP contribution is -2.46. The fourth-order valence-corrected chi connectivity index (χ4v) is 1.14. The molecule has 1 amide bonds. The Morgan fingerprint density at radius 1 is 1.38 bits per heavy atom. The third-order valence-electron chi connectivity index (χ3n) is 1.42. The zero-order valence-corrected chi connectivity index (χ0v) is 11.7. The quantitative estimate of drug-likeness (QED) is 0.625. The van der Waals surface area contributed by atoms with Gasteiger partial charge in [0, 0.05) is 0 Å². The topological polar surface area (TPSA) is 47.6 Å². The molecule has 0 rings (SSSR count). The van der Waals surface area contributed by atoms with Gasteiger partial charge in [0.05, 0.1) is 13.2 Å². The van der Waals surface area contributed by atoms with Crippen molar-refractivity contribution in [2.75, 3.05) is 13.2 Å². The molecule has 7 heteroatoms. The summed E-state index contributed by atoms with van der Waals surface area (Å²) in [4.78, 5) is 11.2. The maximum Gasteiger partial charge on any atom is 0.409 e. The van der Waals surface area contributed by atoms with Crippen LogP contribution >= 0.6 is 34.8 Å². The van der Waals surface area contributed by atoms with Gasteiger partial charge in [-0.25, -0.2) is 4.79 Å². The van der Waals surface area contributed by atoms with Gasteiger partial charge in [0.1, 0.15) is 0 Å². The van der Waals surface area contributed by atoms with Crippen LogP contribution in [-0.2, 0) is 9.47 Å². The predicted molar refractivity (Wildman–Crippen MR) is 65.0 cm³/mol. The minimum absolute atomic E-state index is 0.239. The molecule has 0 fully saturated rings. The summed E-state index contributed by atoms with van der Waals surface area (Å²) in [6.07, 6.45) is -1.71. The van der Waals surface area contributed by atoms with Crippen LogP contribution in [0.3, 0.4) is 0 Å². The molecule has 0 saturated heterocycles. The molecule has 0 saturated carbocycles. The highest BCUT2D eigenvalue weighted by Gasteiger charge is 2.35. The molecule has 0 aromatic rings. The lowest BCUT2D eigenvalue weighted by Gasteiger charge is -2.25. The van der Waals surface area contributed by atoms with E-state index in [1.807, 2.05) is 13.8 Å². The molecule has 1 atom stereocenters.